The van der Waals surface area contributed by atoms with Crippen molar-refractivity contribution < 1.29 is 18.7 Å². The van der Waals surface area contributed by atoms with Gasteiger partial charge >= 0.3 is 7.60 Å². The van der Waals surface area contributed by atoms with Crippen LogP contribution in [0.5, 0.6) is 0 Å². The number of aromatic nitrogens is 4. The molecule has 3 N–H and O–H groups in total. The van der Waals surface area contributed by atoms with Gasteiger partial charge in [-0.3, -0.25) is 4.57 Å². The first-order valence-electron chi connectivity index (χ1n) is 12.4. The Kier molecular flexibility index (Phi) is 12.9. The van der Waals surface area contributed by atoms with E-state index >= 15 is 0 Å². The number of nitrogens with zero attached hydrogens (tertiary/aromatic N) is 4. The van der Waals surface area contributed by atoms with Gasteiger partial charge in [0, 0.05) is 0 Å². The average Bonchev–Trinajstić information content (AvgIpc) is 3.19. The minimum Gasteiger partial charge on any atom is -0.382 e. The zero-order valence-corrected chi connectivity index (χ0v) is 21.2. The van der Waals surface area contributed by atoms with E-state index in [0.717, 1.165) is 19.3 Å². The minimum absolute atomic E-state index is 0.283. The molecule has 9 nitrogen and oxygen atoms in total. The van der Waals surface area contributed by atoms with E-state index < -0.39 is 7.60 Å². The number of hydrogen-bond acceptors (Lipinski definition) is 7. The lowest BCUT2D eigenvalue weighted by atomic mass is 10.1. The summed E-state index contributed by atoms with van der Waals surface area (Å²) in [4.78, 5) is 22.3. The van der Waals surface area contributed by atoms with E-state index in [-0.39, 0.29) is 19.1 Å². The van der Waals surface area contributed by atoms with Crippen molar-refractivity contribution in [3.8, 4) is 0 Å². The summed E-state index contributed by atoms with van der Waals surface area (Å²) in [6.45, 7) is 4.77. The number of imidazole rings is 1. The summed E-state index contributed by atoms with van der Waals surface area (Å²) in [5.41, 5.74) is 6.93. The summed E-state index contributed by atoms with van der Waals surface area (Å²) in [6, 6.07) is 0. The number of nitrogens with two attached hydrogens (primary N) is 1. The molecule has 10 heteroatoms. The molecule has 0 aliphatic carbocycles. The molecule has 0 spiro atoms. The van der Waals surface area contributed by atoms with Crippen LogP contribution in [0.15, 0.2) is 12.7 Å². The van der Waals surface area contributed by atoms with Crippen LogP contribution < -0.4 is 5.73 Å². The van der Waals surface area contributed by atoms with Crippen LogP contribution in [0, 0.1) is 0 Å². The van der Waals surface area contributed by atoms with Gasteiger partial charge in [0.25, 0.3) is 0 Å². The quantitative estimate of drug-likeness (QED) is 0.193. The molecule has 2 rings (SSSR count). The summed E-state index contributed by atoms with van der Waals surface area (Å²) >= 11 is 0. The number of unbranched alkanes of at least 4 members (excludes halogenated alkanes) is 11. The molecule has 0 aliphatic rings. The van der Waals surface area contributed by atoms with Gasteiger partial charge in [0.1, 0.15) is 18.2 Å². The number of fused-ring (bicyclic) bond motifs is 1. The third kappa shape index (κ3) is 11.0. The van der Waals surface area contributed by atoms with E-state index in [1.807, 2.05) is 6.92 Å². The highest BCUT2D eigenvalue weighted by Gasteiger charge is 2.21. The lowest BCUT2D eigenvalue weighted by molar-refractivity contribution is 0.0715. The maximum atomic E-state index is 12.2. The number of rotatable bonds is 19. The Bertz CT molecular complexity index is 847. The van der Waals surface area contributed by atoms with E-state index in [0.29, 0.717) is 23.5 Å². The SMILES string of the molecule is CCCCCCCCCCCCCCOP(=O)(O)CO[C@H](C)Cn1cnc2c(N)ncnc21. The van der Waals surface area contributed by atoms with Crippen molar-refractivity contribution >= 4 is 24.6 Å². The van der Waals surface area contributed by atoms with Gasteiger partial charge in [0.2, 0.25) is 0 Å². The summed E-state index contributed by atoms with van der Waals surface area (Å²) in [5.74, 6) is 0.318. The number of anilines is 1. The molecule has 0 fully saturated rings. The molecular formula is C23H42N5O4P. The molecular weight excluding hydrogens is 441 g/mol. The molecule has 0 amide bonds. The smallest absolute Gasteiger partial charge is 0.353 e. The summed E-state index contributed by atoms with van der Waals surface area (Å²) in [6.07, 6.45) is 17.2. The van der Waals surface area contributed by atoms with Crippen LogP contribution in [-0.4, -0.2) is 43.5 Å². The van der Waals surface area contributed by atoms with E-state index in [1.165, 1.54) is 64.1 Å². The van der Waals surface area contributed by atoms with Gasteiger partial charge < -0.3 is 24.5 Å². The van der Waals surface area contributed by atoms with Gasteiger partial charge in [0.05, 0.1) is 25.6 Å². The van der Waals surface area contributed by atoms with Crippen LogP contribution in [0.25, 0.3) is 11.2 Å². The number of ether oxygens (including phenoxy) is 1. The fourth-order valence-electron chi connectivity index (χ4n) is 3.77. The second kappa shape index (κ2) is 15.4. The maximum absolute atomic E-state index is 12.2. The predicted octanol–water partition coefficient (Wildman–Crippen LogP) is 5.67. The molecule has 0 saturated heterocycles. The van der Waals surface area contributed by atoms with Crippen molar-refractivity contribution in [2.45, 2.75) is 104 Å². The van der Waals surface area contributed by atoms with Crippen molar-refractivity contribution in [2.24, 2.45) is 0 Å². The van der Waals surface area contributed by atoms with Crippen molar-refractivity contribution in [3.05, 3.63) is 12.7 Å². The Hall–Kier alpha value is -1.54. The van der Waals surface area contributed by atoms with Crippen LogP contribution in [-0.2, 0) is 20.4 Å². The lowest BCUT2D eigenvalue weighted by Crippen LogP contribution is -2.17. The van der Waals surface area contributed by atoms with Gasteiger partial charge in [0.15, 0.2) is 11.5 Å². The van der Waals surface area contributed by atoms with E-state index in [1.54, 1.807) is 10.9 Å². The maximum Gasteiger partial charge on any atom is 0.353 e. The first kappa shape index (κ1) is 27.7. The fraction of sp³-hybridized carbons (Fsp3) is 0.783. The first-order chi connectivity index (χ1) is 15.9. The Labute approximate surface area is 198 Å². The Balaban J connectivity index is 1.51. The molecule has 33 heavy (non-hydrogen) atoms. The monoisotopic (exact) mass is 483 g/mol. The summed E-state index contributed by atoms with van der Waals surface area (Å²) < 4.78 is 24.8. The minimum atomic E-state index is -3.77. The molecule has 0 bridgehead atoms. The molecule has 2 aromatic heterocycles. The molecule has 2 aromatic rings. The Morgan fingerprint density at radius 2 is 1.61 bits per heavy atom. The number of hydrogen-bond donors (Lipinski definition) is 2. The third-order valence-corrected chi connectivity index (χ3v) is 6.76. The highest BCUT2D eigenvalue weighted by Crippen LogP contribution is 2.42. The number of nitrogen functional groups attached to an aromatic ring is 1. The zero-order chi connectivity index (χ0) is 23.9. The van der Waals surface area contributed by atoms with E-state index in [2.05, 4.69) is 21.9 Å². The average molecular weight is 484 g/mol. The second-order valence-electron chi connectivity index (χ2n) is 8.79. The Morgan fingerprint density at radius 3 is 2.24 bits per heavy atom. The van der Waals surface area contributed by atoms with E-state index in [9.17, 15) is 9.46 Å². The van der Waals surface area contributed by atoms with E-state index in [4.69, 9.17) is 15.0 Å². The van der Waals surface area contributed by atoms with Crippen LogP contribution in [0.2, 0.25) is 0 Å². The molecule has 2 atom stereocenters. The van der Waals surface area contributed by atoms with Crippen LogP contribution in [0.3, 0.4) is 0 Å². The van der Waals surface area contributed by atoms with Crippen LogP contribution >= 0.6 is 7.60 Å². The molecule has 2 heterocycles. The van der Waals surface area contributed by atoms with Gasteiger partial charge in [-0.1, -0.05) is 77.6 Å². The molecule has 188 valence electrons. The Morgan fingerprint density at radius 1 is 1.00 bits per heavy atom. The predicted molar refractivity (Wildman–Crippen MR) is 132 cm³/mol. The van der Waals surface area contributed by atoms with Gasteiger partial charge in [-0.25, -0.2) is 15.0 Å². The molecule has 0 aromatic carbocycles. The molecule has 0 saturated carbocycles. The van der Waals surface area contributed by atoms with Crippen LogP contribution in [0.1, 0.15) is 90.9 Å². The normalized spacial score (nSPS) is 14.5. The van der Waals surface area contributed by atoms with Crippen molar-refractivity contribution in [1.29, 1.82) is 0 Å². The third-order valence-electron chi connectivity index (χ3n) is 5.70. The lowest BCUT2D eigenvalue weighted by Gasteiger charge is -2.17. The molecule has 1 unspecified atom stereocenters. The fourth-order valence-corrected chi connectivity index (χ4v) is 4.70. The van der Waals surface area contributed by atoms with Crippen molar-refractivity contribution in [1.82, 2.24) is 19.5 Å². The highest BCUT2D eigenvalue weighted by atomic mass is 31.2. The van der Waals surface area contributed by atoms with Crippen molar-refractivity contribution in [2.75, 3.05) is 18.7 Å². The van der Waals surface area contributed by atoms with Gasteiger partial charge in [-0.2, -0.15) is 0 Å². The largest absolute Gasteiger partial charge is 0.382 e. The zero-order valence-electron chi connectivity index (χ0n) is 20.3. The summed E-state index contributed by atoms with van der Waals surface area (Å²) in [5, 5.41) is 0. The van der Waals surface area contributed by atoms with Crippen molar-refractivity contribution in [3.63, 3.8) is 0 Å². The summed E-state index contributed by atoms with van der Waals surface area (Å²) in [7, 11) is -3.77. The van der Waals surface area contributed by atoms with Gasteiger partial charge in [-0.15, -0.1) is 0 Å². The highest BCUT2D eigenvalue weighted by molar-refractivity contribution is 7.52. The second-order valence-corrected chi connectivity index (χ2v) is 10.6. The molecule has 0 radical (unpaired) electrons. The first-order valence-corrected chi connectivity index (χ1v) is 14.2. The molecule has 0 aliphatic heterocycles. The van der Waals surface area contributed by atoms with Gasteiger partial charge in [-0.05, 0) is 13.3 Å². The van der Waals surface area contributed by atoms with Crippen LogP contribution in [0.4, 0.5) is 5.82 Å². The topological polar surface area (TPSA) is 125 Å². The standard InChI is InChI=1S/C23H42N5O4P/c1-3-4-5-6-7-8-9-10-11-12-13-14-15-32-33(29,30)19-31-20(2)16-28-18-27-21-22(24)25-17-26-23(21)28/h17-18,20H,3-16,19H2,1-2H3,(H,29,30)(H2,24,25,26)/t20-/m1/s1.